The summed E-state index contributed by atoms with van der Waals surface area (Å²) >= 11 is 0. The first-order valence-electron chi connectivity index (χ1n) is 10.8. The molecule has 1 aromatic heterocycles. The predicted octanol–water partition coefficient (Wildman–Crippen LogP) is 4.91. The molecule has 0 saturated carbocycles. The molecule has 0 radical (unpaired) electrons. The van der Waals surface area contributed by atoms with Crippen LogP contribution in [0.2, 0.25) is 0 Å². The Bertz CT molecular complexity index is 1020. The standard InChI is InChI=1S/C26H28FN3O/c1-19-8-2-3-12-23(19)26(31)29-25(24-13-4-5-14-28-24)21-10-7-15-30(18-21)17-20-9-6-11-22(27)16-20/h2-6,8-9,11-14,16,21,25H,7,10,15,17-18H2,1H3,(H,29,31). The number of piperidine rings is 1. The molecule has 4 nitrogen and oxygen atoms in total. The highest BCUT2D eigenvalue weighted by Gasteiger charge is 2.31. The molecule has 1 N–H and O–H groups in total. The van der Waals surface area contributed by atoms with Gasteiger partial charge in [0.2, 0.25) is 0 Å². The summed E-state index contributed by atoms with van der Waals surface area (Å²) in [5.74, 6) is -0.0518. The van der Waals surface area contributed by atoms with Crippen LogP contribution in [0.1, 0.15) is 46.1 Å². The van der Waals surface area contributed by atoms with E-state index in [2.05, 4.69) is 15.2 Å². The molecule has 0 aliphatic carbocycles. The number of amides is 1. The van der Waals surface area contributed by atoms with E-state index < -0.39 is 0 Å². The van der Waals surface area contributed by atoms with E-state index in [9.17, 15) is 9.18 Å². The van der Waals surface area contributed by atoms with Crippen LogP contribution in [-0.4, -0.2) is 28.9 Å². The highest BCUT2D eigenvalue weighted by atomic mass is 19.1. The number of carbonyl (C=O) groups excluding carboxylic acids is 1. The van der Waals surface area contributed by atoms with Crippen molar-refractivity contribution in [1.29, 1.82) is 0 Å². The lowest BCUT2D eigenvalue weighted by atomic mass is 9.88. The first-order valence-corrected chi connectivity index (χ1v) is 10.8. The van der Waals surface area contributed by atoms with E-state index in [-0.39, 0.29) is 23.7 Å². The fourth-order valence-electron chi connectivity index (χ4n) is 4.44. The average molecular weight is 418 g/mol. The molecular weight excluding hydrogens is 389 g/mol. The summed E-state index contributed by atoms with van der Waals surface area (Å²) in [6, 6.07) is 20.1. The van der Waals surface area contributed by atoms with Crippen LogP contribution in [0, 0.1) is 18.7 Å². The van der Waals surface area contributed by atoms with Crippen LogP contribution in [0.15, 0.2) is 72.9 Å². The average Bonchev–Trinajstić information content (AvgIpc) is 2.78. The smallest absolute Gasteiger partial charge is 0.252 e. The maximum absolute atomic E-state index is 13.6. The van der Waals surface area contributed by atoms with Gasteiger partial charge in [-0.25, -0.2) is 4.39 Å². The van der Waals surface area contributed by atoms with Crippen molar-refractivity contribution < 1.29 is 9.18 Å². The summed E-state index contributed by atoms with van der Waals surface area (Å²) in [6.07, 6.45) is 3.81. The van der Waals surface area contributed by atoms with Gasteiger partial charge in [0.05, 0.1) is 11.7 Å². The fourth-order valence-corrected chi connectivity index (χ4v) is 4.44. The summed E-state index contributed by atoms with van der Waals surface area (Å²) in [5.41, 5.74) is 3.49. The summed E-state index contributed by atoms with van der Waals surface area (Å²) in [6.45, 7) is 4.44. The molecule has 31 heavy (non-hydrogen) atoms. The van der Waals surface area contributed by atoms with Crippen molar-refractivity contribution in [2.24, 2.45) is 5.92 Å². The van der Waals surface area contributed by atoms with Crippen LogP contribution in [0.5, 0.6) is 0 Å². The second kappa shape index (κ2) is 9.84. The molecule has 1 aliphatic heterocycles. The van der Waals surface area contributed by atoms with E-state index >= 15 is 0 Å². The number of hydrogen-bond donors (Lipinski definition) is 1. The van der Waals surface area contributed by atoms with Crippen molar-refractivity contribution in [2.45, 2.75) is 32.4 Å². The maximum atomic E-state index is 13.6. The number of pyridine rings is 1. The van der Waals surface area contributed by atoms with Crippen molar-refractivity contribution in [1.82, 2.24) is 15.2 Å². The molecule has 160 valence electrons. The van der Waals surface area contributed by atoms with Crippen molar-refractivity contribution >= 4 is 5.91 Å². The monoisotopic (exact) mass is 417 g/mol. The second-order valence-electron chi connectivity index (χ2n) is 8.29. The quantitative estimate of drug-likeness (QED) is 0.620. The summed E-state index contributed by atoms with van der Waals surface area (Å²) in [4.78, 5) is 20.0. The number of aromatic nitrogens is 1. The van der Waals surface area contributed by atoms with Crippen LogP contribution in [0.4, 0.5) is 4.39 Å². The van der Waals surface area contributed by atoms with Crippen LogP contribution in [0.3, 0.4) is 0 Å². The summed E-state index contributed by atoms with van der Waals surface area (Å²) < 4.78 is 13.6. The van der Waals surface area contributed by atoms with Gasteiger partial charge in [-0.05, 0) is 73.7 Å². The largest absolute Gasteiger partial charge is 0.343 e. The molecule has 4 rings (SSSR count). The third kappa shape index (κ3) is 5.36. The van der Waals surface area contributed by atoms with Crippen molar-refractivity contribution in [3.8, 4) is 0 Å². The Morgan fingerprint density at radius 3 is 2.77 bits per heavy atom. The lowest BCUT2D eigenvalue weighted by molar-refractivity contribution is 0.0874. The molecule has 2 atom stereocenters. The Hall–Kier alpha value is -3.05. The maximum Gasteiger partial charge on any atom is 0.252 e. The van der Waals surface area contributed by atoms with E-state index in [1.807, 2.05) is 55.5 Å². The van der Waals surface area contributed by atoms with Crippen LogP contribution >= 0.6 is 0 Å². The number of likely N-dealkylation sites (tertiary alicyclic amines) is 1. The molecule has 0 spiro atoms. The zero-order valence-electron chi connectivity index (χ0n) is 17.8. The zero-order valence-corrected chi connectivity index (χ0v) is 17.8. The number of halogens is 1. The van der Waals surface area contributed by atoms with Gasteiger partial charge in [-0.2, -0.15) is 0 Å². The number of aryl methyl sites for hydroxylation is 1. The Morgan fingerprint density at radius 1 is 1.16 bits per heavy atom. The molecule has 2 heterocycles. The lowest BCUT2D eigenvalue weighted by Crippen LogP contribution is -2.43. The van der Waals surface area contributed by atoms with Gasteiger partial charge in [-0.3, -0.25) is 14.7 Å². The molecule has 5 heteroatoms. The number of hydrogen-bond acceptors (Lipinski definition) is 3. The van der Waals surface area contributed by atoms with Gasteiger partial charge in [0, 0.05) is 24.8 Å². The Morgan fingerprint density at radius 2 is 2.00 bits per heavy atom. The van der Waals surface area contributed by atoms with Gasteiger partial charge in [0.1, 0.15) is 5.82 Å². The number of carbonyl (C=O) groups is 1. The van der Waals surface area contributed by atoms with Crippen molar-refractivity contribution in [2.75, 3.05) is 13.1 Å². The minimum atomic E-state index is -0.206. The predicted molar refractivity (Wildman–Crippen MR) is 120 cm³/mol. The first kappa shape index (κ1) is 21.2. The molecular formula is C26H28FN3O. The molecule has 2 unspecified atom stereocenters. The molecule has 1 saturated heterocycles. The Labute approximate surface area is 183 Å². The van der Waals surface area contributed by atoms with E-state index in [1.165, 1.54) is 6.07 Å². The lowest BCUT2D eigenvalue weighted by Gasteiger charge is -2.37. The second-order valence-corrected chi connectivity index (χ2v) is 8.29. The molecule has 1 amide bonds. The van der Waals surface area contributed by atoms with Gasteiger partial charge in [0.15, 0.2) is 0 Å². The van der Waals surface area contributed by atoms with Crippen LogP contribution in [-0.2, 0) is 6.54 Å². The molecule has 1 fully saturated rings. The van der Waals surface area contributed by atoms with E-state index in [0.29, 0.717) is 12.1 Å². The summed E-state index contributed by atoms with van der Waals surface area (Å²) in [7, 11) is 0. The highest BCUT2D eigenvalue weighted by Crippen LogP contribution is 2.30. The highest BCUT2D eigenvalue weighted by molar-refractivity contribution is 5.95. The minimum Gasteiger partial charge on any atom is -0.343 e. The number of nitrogens with one attached hydrogen (secondary N) is 1. The minimum absolute atomic E-state index is 0.0731. The number of rotatable bonds is 6. The van der Waals surface area contributed by atoms with Gasteiger partial charge < -0.3 is 5.32 Å². The van der Waals surface area contributed by atoms with Gasteiger partial charge >= 0.3 is 0 Å². The van der Waals surface area contributed by atoms with Gasteiger partial charge in [0.25, 0.3) is 5.91 Å². The third-order valence-corrected chi connectivity index (χ3v) is 5.99. The molecule has 0 bridgehead atoms. The SMILES string of the molecule is Cc1ccccc1C(=O)NC(c1ccccn1)C1CCCN(Cc2cccc(F)c2)C1. The van der Waals surface area contributed by atoms with Crippen molar-refractivity contribution in [3.05, 3.63) is 101 Å². The van der Waals surface area contributed by atoms with E-state index in [0.717, 1.165) is 42.8 Å². The topological polar surface area (TPSA) is 45.2 Å². The normalized spacial score (nSPS) is 17.8. The van der Waals surface area contributed by atoms with Gasteiger partial charge in [-0.15, -0.1) is 0 Å². The third-order valence-electron chi connectivity index (χ3n) is 5.99. The van der Waals surface area contributed by atoms with Crippen molar-refractivity contribution in [3.63, 3.8) is 0 Å². The fraction of sp³-hybridized carbons (Fsp3) is 0.308. The Balaban J connectivity index is 1.53. The first-order chi connectivity index (χ1) is 15.1. The summed E-state index contributed by atoms with van der Waals surface area (Å²) in [5, 5.41) is 3.27. The number of nitrogens with zero attached hydrogens (tertiary/aromatic N) is 2. The van der Waals surface area contributed by atoms with Crippen LogP contribution < -0.4 is 5.32 Å². The molecule has 2 aromatic carbocycles. The van der Waals surface area contributed by atoms with Crippen LogP contribution in [0.25, 0.3) is 0 Å². The van der Waals surface area contributed by atoms with E-state index in [1.54, 1.807) is 18.3 Å². The molecule has 1 aliphatic rings. The van der Waals surface area contributed by atoms with E-state index in [4.69, 9.17) is 0 Å². The zero-order chi connectivity index (χ0) is 21.6. The number of benzene rings is 2. The van der Waals surface area contributed by atoms with Gasteiger partial charge in [-0.1, -0.05) is 36.4 Å². The Kier molecular flexibility index (Phi) is 6.73. The molecule has 3 aromatic rings.